The summed E-state index contributed by atoms with van der Waals surface area (Å²) in [5.74, 6) is -0.508. The van der Waals surface area contributed by atoms with Crippen molar-refractivity contribution in [3.63, 3.8) is 0 Å². The van der Waals surface area contributed by atoms with Crippen molar-refractivity contribution >= 4 is 35.4 Å². The Labute approximate surface area is 171 Å². The molecule has 0 bridgehead atoms. The number of furan rings is 1. The van der Waals surface area contributed by atoms with Crippen molar-refractivity contribution in [2.24, 2.45) is 0 Å². The summed E-state index contributed by atoms with van der Waals surface area (Å²) in [6.07, 6.45) is 2.99. The van der Waals surface area contributed by atoms with Crippen LogP contribution >= 0.6 is 12.2 Å². The summed E-state index contributed by atoms with van der Waals surface area (Å²) in [5, 5.41) is 5.56. The van der Waals surface area contributed by atoms with Crippen molar-refractivity contribution in [1.82, 2.24) is 9.55 Å². The first-order valence-electron chi connectivity index (χ1n) is 8.74. The van der Waals surface area contributed by atoms with Gasteiger partial charge in [-0.1, -0.05) is 24.3 Å². The quantitative estimate of drug-likeness (QED) is 0.423. The van der Waals surface area contributed by atoms with Crippen LogP contribution in [0.2, 0.25) is 0 Å². The Bertz CT molecular complexity index is 1210. The fourth-order valence-corrected chi connectivity index (χ4v) is 3.10. The van der Waals surface area contributed by atoms with Gasteiger partial charge in [0.25, 0.3) is 11.8 Å². The smallest absolute Gasteiger partial charge is 0.291 e. The molecule has 29 heavy (non-hydrogen) atoms. The summed E-state index contributed by atoms with van der Waals surface area (Å²) in [5.41, 5.74) is 2.20. The van der Waals surface area contributed by atoms with Crippen LogP contribution in [0.5, 0.6) is 0 Å². The van der Waals surface area contributed by atoms with Crippen molar-refractivity contribution in [1.29, 1.82) is 0 Å². The summed E-state index contributed by atoms with van der Waals surface area (Å²) in [4.78, 5) is 27.9. The van der Waals surface area contributed by atoms with Gasteiger partial charge < -0.3 is 20.0 Å². The summed E-state index contributed by atoms with van der Waals surface area (Å²) >= 11 is 5.32. The van der Waals surface area contributed by atoms with E-state index in [1.54, 1.807) is 47.2 Å². The number of anilines is 2. The number of H-pyrrole nitrogens is 1. The molecule has 0 atom stereocenters. The van der Waals surface area contributed by atoms with E-state index in [4.69, 9.17) is 16.6 Å². The number of imidazole rings is 1. The Balaban J connectivity index is 1.54. The molecule has 3 N–H and O–H groups in total. The number of rotatable bonds is 5. The molecule has 2 aromatic heterocycles. The third-order valence-electron chi connectivity index (χ3n) is 4.15. The summed E-state index contributed by atoms with van der Waals surface area (Å²) < 4.78 is 7.16. The van der Waals surface area contributed by atoms with Crippen molar-refractivity contribution in [3.05, 3.63) is 95.4 Å². The Morgan fingerprint density at radius 1 is 0.897 bits per heavy atom. The van der Waals surface area contributed by atoms with E-state index in [-0.39, 0.29) is 17.6 Å². The molecule has 0 fully saturated rings. The molecule has 2 aromatic carbocycles. The first kappa shape index (κ1) is 18.5. The first-order chi connectivity index (χ1) is 14.1. The molecule has 0 saturated heterocycles. The second-order valence-corrected chi connectivity index (χ2v) is 6.50. The van der Waals surface area contributed by atoms with Gasteiger partial charge in [0.1, 0.15) is 5.69 Å². The molecule has 0 unspecified atom stereocenters. The number of hydrogen-bond acceptors (Lipinski definition) is 4. The van der Waals surface area contributed by atoms with Gasteiger partial charge in [-0.25, -0.2) is 0 Å². The number of hydrogen-bond donors (Lipinski definition) is 3. The van der Waals surface area contributed by atoms with Gasteiger partial charge >= 0.3 is 0 Å². The van der Waals surface area contributed by atoms with E-state index < -0.39 is 0 Å². The van der Waals surface area contributed by atoms with Gasteiger partial charge in [0.15, 0.2) is 10.5 Å². The number of aromatic amines is 1. The molecule has 0 aliphatic rings. The zero-order chi connectivity index (χ0) is 20.2. The number of nitrogens with one attached hydrogen (secondary N) is 3. The number of para-hydroxylation sites is 1. The van der Waals surface area contributed by atoms with Gasteiger partial charge in [0.05, 0.1) is 6.26 Å². The van der Waals surface area contributed by atoms with E-state index in [0.29, 0.717) is 21.8 Å². The van der Waals surface area contributed by atoms with Crippen LogP contribution in [0.15, 0.2) is 83.6 Å². The fourth-order valence-electron chi connectivity index (χ4n) is 2.84. The standard InChI is InChI=1S/C21H16N4O3S/c26-19(17-13-22-21(29)25(17)16-8-2-1-3-9-16)23-14-6-4-7-15(12-14)24-20(27)18-10-5-11-28-18/h1-13H,(H,22,29)(H,23,26)(H,24,27). The van der Waals surface area contributed by atoms with Gasteiger partial charge in [-0.15, -0.1) is 0 Å². The molecule has 8 heteroatoms. The first-order valence-corrected chi connectivity index (χ1v) is 9.15. The Kier molecular flexibility index (Phi) is 5.08. The van der Waals surface area contributed by atoms with E-state index in [1.807, 2.05) is 30.3 Å². The monoisotopic (exact) mass is 404 g/mol. The lowest BCUT2D eigenvalue weighted by atomic mass is 10.2. The van der Waals surface area contributed by atoms with E-state index >= 15 is 0 Å². The predicted octanol–water partition coefficient (Wildman–Crippen LogP) is 4.63. The van der Waals surface area contributed by atoms with Gasteiger partial charge in [-0.05, 0) is 54.7 Å². The number of nitrogens with zero attached hydrogens (tertiary/aromatic N) is 1. The van der Waals surface area contributed by atoms with Crippen LogP contribution in [0.25, 0.3) is 5.69 Å². The largest absolute Gasteiger partial charge is 0.459 e. The summed E-state index contributed by atoms with van der Waals surface area (Å²) in [6.45, 7) is 0. The van der Waals surface area contributed by atoms with Crippen LogP contribution < -0.4 is 10.6 Å². The number of amides is 2. The highest BCUT2D eigenvalue weighted by atomic mass is 32.1. The molecule has 2 heterocycles. The average molecular weight is 404 g/mol. The van der Waals surface area contributed by atoms with Crippen LogP contribution in [0.3, 0.4) is 0 Å². The van der Waals surface area contributed by atoms with Gasteiger partial charge in [0, 0.05) is 23.3 Å². The normalized spacial score (nSPS) is 10.5. The molecule has 4 aromatic rings. The minimum atomic E-state index is -0.373. The predicted molar refractivity (Wildman–Crippen MR) is 112 cm³/mol. The van der Waals surface area contributed by atoms with E-state index in [1.165, 1.54) is 6.26 Å². The minimum absolute atomic E-state index is 0.202. The van der Waals surface area contributed by atoms with Gasteiger partial charge in [-0.2, -0.15) is 0 Å². The minimum Gasteiger partial charge on any atom is -0.459 e. The molecule has 0 aliphatic heterocycles. The van der Waals surface area contributed by atoms with Crippen molar-refractivity contribution in [2.45, 2.75) is 0 Å². The molecular weight excluding hydrogens is 388 g/mol. The third kappa shape index (κ3) is 4.02. The zero-order valence-corrected chi connectivity index (χ0v) is 15.9. The summed E-state index contributed by atoms with van der Waals surface area (Å²) in [6, 6.07) is 19.4. The molecule has 144 valence electrons. The van der Waals surface area contributed by atoms with Crippen LogP contribution in [0.4, 0.5) is 11.4 Å². The molecule has 0 saturated carbocycles. The molecular formula is C21H16N4O3S. The Hall–Kier alpha value is -3.91. The molecule has 7 nitrogen and oxygen atoms in total. The van der Waals surface area contributed by atoms with E-state index in [9.17, 15) is 9.59 Å². The number of benzene rings is 2. The molecule has 2 amide bonds. The third-order valence-corrected chi connectivity index (χ3v) is 4.45. The maximum atomic E-state index is 12.8. The average Bonchev–Trinajstić information content (AvgIpc) is 3.39. The fraction of sp³-hybridized carbons (Fsp3) is 0. The maximum Gasteiger partial charge on any atom is 0.291 e. The lowest BCUT2D eigenvalue weighted by Crippen LogP contribution is -2.17. The lowest BCUT2D eigenvalue weighted by molar-refractivity contribution is 0.0994. The van der Waals surface area contributed by atoms with Crippen molar-refractivity contribution < 1.29 is 14.0 Å². The number of carbonyl (C=O) groups is 2. The topological polar surface area (TPSA) is 92.1 Å². The Morgan fingerprint density at radius 2 is 1.62 bits per heavy atom. The highest BCUT2D eigenvalue weighted by Gasteiger charge is 2.15. The number of carbonyl (C=O) groups excluding carboxylic acids is 2. The van der Waals surface area contributed by atoms with Crippen molar-refractivity contribution in [2.75, 3.05) is 10.6 Å². The van der Waals surface area contributed by atoms with Gasteiger partial charge in [-0.3, -0.25) is 14.2 Å². The molecule has 4 rings (SSSR count). The zero-order valence-electron chi connectivity index (χ0n) is 15.1. The van der Waals surface area contributed by atoms with Crippen molar-refractivity contribution in [3.8, 4) is 5.69 Å². The lowest BCUT2D eigenvalue weighted by Gasteiger charge is -2.10. The SMILES string of the molecule is O=C(Nc1cccc(NC(=O)c2c[nH]c(=S)n2-c2ccccc2)c1)c1ccco1. The molecule has 0 spiro atoms. The molecule has 0 aliphatic carbocycles. The number of aromatic nitrogens is 2. The molecule has 0 radical (unpaired) electrons. The Morgan fingerprint density at radius 3 is 2.31 bits per heavy atom. The highest BCUT2D eigenvalue weighted by molar-refractivity contribution is 7.71. The van der Waals surface area contributed by atoms with Crippen LogP contribution in [0.1, 0.15) is 21.0 Å². The maximum absolute atomic E-state index is 12.8. The van der Waals surface area contributed by atoms with Crippen LogP contribution in [-0.4, -0.2) is 21.4 Å². The van der Waals surface area contributed by atoms with E-state index in [0.717, 1.165) is 5.69 Å². The highest BCUT2D eigenvalue weighted by Crippen LogP contribution is 2.19. The second-order valence-electron chi connectivity index (χ2n) is 6.12. The van der Waals surface area contributed by atoms with Gasteiger partial charge in [0.2, 0.25) is 0 Å². The van der Waals surface area contributed by atoms with Crippen LogP contribution in [0, 0.1) is 4.77 Å². The second kappa shape index (κ2) is 7.99. The van der Waals surface area contributed by atoms with E-state index in [2.05, 4.69) is 15.6 Å². The van der Waals surface area contributed by atoms with Crippen LogP contribution in [-0.2, 0) is 0 Å². The summed E-state index contributed by atoms with van der Waals surface area (Å²) in [7, 11) is 0.